The topological polar surface area (TPSA) is 15.3 Å². The van der Waals surface area contributed by atoms with Gasteiger partial charge < -0.3 is 10.2 Å². The molecule has 0 spiro atoms. The average molecular weight is 351 g/mol. The van der Waals surface area contributed by atoms with E-state index >= 15 is 0 Å². The lowest BCUT2D eigenvalue weighted by molar-refractivity contribution is 0.244. The highest BCUT2D eigenvalue weighted by atomic mass is 79.9. The van der Waals surface area contributed by atoms with Gasteiger partial charge in [-0.1, -0.05) is 41.8 Å². The normalized spacial score (nSPS) is 25.7. The van der Waals surface area contributed by atoms with Crippen molar-refractivity contribution in [1.29, 1.82) is 0 Å². The van der Waals surface area contributed by atoms with Crippen LogP contribution in [0.1, 0.15) is 51.0 Å². The van der Waals surface area contributed by atoms with Gasteiger partial charge in [0.15, 0.2) is 0 Å². The molecule has 1 N–H and O–H groups in total. The second-order valence-corrected chi connectivity index (χ2v) is 7.36. The number of anilines is 1. The summed E-state index contributed by atoms with van der Waals surface area (Å²) >= 11 is 3.77. The molecule has 1 aromatic carbocycles. The van der Waals surface area contributed by atoms with Crippen LogP contribution in [0.5, 0.6) is 0 Å². The molecule has 3 rings (SSSR count). The Bertz CT molecular complexity index is 472. The van der Waals surface area contributed by atoms with E-state index in [1.165, 1.54) is 60.8 Å². The number of fused-ring (bicyclic) bond motifs is 1. The van der Waals surface area contributed by atoms with Gasteiger partial charge in [-0.05, 0) is 55.8 Å². The van der Waals surface area contributed by atoms with Crippen LogP contribution in [0.2, 0.25) is 0 Å². The van der Waals surface area contributed by atoms with E-state index in [0.717, 1.165) is 25.0 Å². The molecule has 21 heavy (non-hydrogen) atoms. The van der Waals surface area contributed by atoms with E-state index in [2.05, 4.69) is 51.3 Å². The van der Waals surface area contributed by atoms with Crippen LogP contribution in [0.15, 0.2) is 22.7 Å². The van der Waals surface area contributed by atoms with E-state index < -0.39 is 0 Å². The van der Waals surface area contributed by atoms with Gasteiger partial charge in [0.1, 0.15) is 0 Å². The number of nitrogens with zero attached hydrogens (tertiary/aromatic N) is 1. The van der Waals surface area contributed by atoms with Crippen molar-refractivity contribution >= 4 is 21.6 Å². The van der Waals surface area contributed by atoms with Gasteiger partial charge in [0.05, 0.1) is 0 Å². The Kier molecular flexibility index (Phi) is 5.23. The Hall–Kier alpha value is -0.540. The van der Waals surface area contributed by atoms with Crippen molar-refractivity contribution in [2.45, 2.75) is 58.0 Å². The fourth-order valence-electron chi connectivity index (χ4n) is 4.06. The Morgan fingerprint density at radius 1 is 1.19 bits per heavy atom. The summed E-state index contributed by atoms with van der Waals surface area (Å²) in [6, 6.07) is 7.74. The van der Waals surface area contributed by atoms with Crippen LogP contribution in [0.3, 0.4) is 0 Å². The predicted molar refractivity (Wildman–Crippen MR) is 93.8 cm³/mol. The first kappa shape index (κ1) is 15.4. The molecule has 0 radical (unpaired) electrons. The summed E-state index contributed by atoms with van der Waals surface area (Å²) in [5.41, 5.74) is 2.77. The Morgan fingerprint density at radius 3 is 2.81 bits per heavy atom. The summed E-state index contributed by atoms with van der Waals surface area (Å²) in [6.07, 6.45) is 8.50. The van der Waals surface area contributed by atoms with Crippen molar-refractivity contribution in [2.24, 2.45) is 5.92 Å². The maximum atomic E-state index is 3.77. The van der Waals surface area contributed by atoms with Gasteiger partial charge in [0.2, 0.25) is 0 Å². The second kappa shape index (κ2) is 7.15. The third-order valence-electron chi connectivity index (χ3n) is 5.18. The first-order valence-electron chi connectivity index (χ1n) is 8.55. The molecule has 3 heteroatoms. The van der Waals surface area contributed by atoms with Crippen molar-refractivity contribution in [2.75, 3.05) is 18.0 Å². The maximum Gasteiger partial charge on any atom is 0.0380 e. The van der Waals surface area contributed by atoms with Gasteiger partial charge in [0.25, 0.3) is 0 Å². The lowest BCUT2D eigenvalue weighted by Crippen LogP contribution is -2.46. The smallest absolute Gasteiger partial charge is 0.0380 e. The number of halogens is 1. The zero-order valence-corrected chi connectivity index (χ0v) is 14.7. The summed E-state index contributed by atoms with van der Waals surface area (Å²) in [7, 11) is 0. The van der Waals surface area contributed by atoms with E-state index in [1.54, 1.807) is 0 Å². The molecule has 1 aliphatic carbocycles. The molecule has 1 saturated carbocycles. The summed E-state index contributed by atoms with van der Waals surface area (Å²) in [5, 5.41) is 3.41. The summed E-state index contributed by atoms with van der Waals surface area (Å²) in [5.74, 6) is 0.938. The van der Waals surface area contributed by atoms with Gasteiger partial charge in [-0.15, -0.1) is 0 Å². The average Bonchev–Trinajstić information content (AvgIpc) is 2.53. The molecular formula is C18H27BrN2. The van der Waals surface area contributed by atoms with Crippen molar-refractivity contribution < 1.29 is 0 Å². The monoisotopic (exact) mass is 350 g/mol. The molecule has 116 valence electrons. The van der Waals surface area contributed by atoms with Crippen LogP contribution < -0.4 is 10.2 Å². The van der Waals surface area contributed by atoms with Crippen LogP contribution in [0, 0.1) is 5.92 Å². The van der Waals surface area contributed by atoms with E-state index in [1.807, 2.05) is 0 Å². The molecular weight excluding hydrogens is 324 g/mol. The fraction of sp³-hybridized carbons (Fsp3) is 0.667. The number of rotatable bonds is 4. The van der Waals surface area contributed by atoms with E-state index in [0.29, 0.717) is 0 Å². The van der Waals surface area contributed by atoms with Gasteiger partial charge in [-0.3, -0.25) is 0 Å². The number of nitrogens with one attached hydrogen (secondary N) is 1. The summed E-state index contributed by atoms with van der Waals surface area (Å²) < 4.78 is 1.25. The maximum absolute atomic E-state index is 3.77. The van der Waals surface area contributed by atoms with Crippen molar-refractivity contribution in [3.05, 3.63) is 28.2 Å². The predicted octanol–water partition coefficient (Wildman–Crippen LogP) is 4.72. The lowest BCUT2D eigenvalue weighted by Gasteiger charge is -2.45. The largest absolute Gasteiger partial charge is 0.368 e. The Morgan fingerprint density at radius 2 is 2.00 bits per heavy atom. The molecule has 0 aromatic heterocycles. The highest BCUT2D eigenvalue weighted by Crippen LogP contribution is 2.38. The van der Waals surface area contributed by atoms with Crippen LogP contribution in [0.25, 0.3) is 0 Å². The Labute approximate surface area is 137 Å². The van der Waals surface area contributed by atoms with Gasteiger partial charge in [-0.2, -0.15) is 0 Å². The van der Waals surface area contributed by atoms with E-state index in [4.69, 9.17) is 0 Å². The molecule has 1 saturated heterocycles. The number of piperidine rings is 1. The molecule has 2 atom stereocenters. The zero-order chi connectivity index (χ0) is 14.7. The third kappa shape index (κ3) is 3.45. The number of hydrogen-bond donors (Lipinski definition) is 1. The first-order valence-corrected chi connectivity index (χ1v) is 9.34. The SMILES string of the molecule is CCNCc1ccc(N2CCC[C@H]3CCCC[C@H]32)cc1Br. The first-order chi connectivity index (χ1) is 10.3. The highest BCUT2D eigenvalue weighted by Gasteiger charge is 2.33. The third-order valence-corrected chi connectivity index (χ3v) is 5.92. The molecule has 1 aliphatic heterocycles. The molecule has 2 nitrogen and oxygen atoms in total. The van der Waals surface area contributed by atoms with Crippen LogP contribution in [-0.4, -0.2) is 19.1 Å². The fourth-order valence-corrected chi connectivity index (χ4v) is 4.57. The molecule has 1 aromatic rings. The van der Waals surface area contributed by atoms with Gasteiger partial charge in [0, 0.05) is 29.3 Å². The molecule has 2 fully saturated rings. The van der Waals surface area contributed by atoms with Crippen LogP contribution in [0.4, 0.5) is 5.69 Å². The van der Waals surface area contributed by atoms with Crippen LogP contribution >= 0.6 is 15.9 Å². The number of benzene rings is 1. The molecule has 2 aliphatic rings. The van der Waals surface area contributed by atoms with Crippen LogP contribution in [-0.2, 0) is 6.54 Å². The molecule has 0 bridgehead atoms. The van der Waals surface area contributed by atoms with Crippen molar-refractivity contribution in [1.82, 2.24) is 5.32 Å². The standard InChI is InChI=1S/C18H27BrN2/c1-2-20-13-15-9-10-16(12-17(15)19)21-11-5-7-14-6-3-4-8-18(14)21/h9-10,12,14,18,20H,2-8,11,13H2,1H3/t14-,18-/m1/s1. The second-order valence-electron chi connectivity index (χ2n) is 6.50. The quantitative estimate of drug-likeness (QED) is 0.845. The summed E-state index contributed by atoms with van der Waals surface area (Å²) in [4.78, 5) is 2.69. The lowest BCUT2D eigenvalue weighted by atomic mass is 9.78. The Balaban J connectivity index is 1.77. The van der Waals surface area contributed by atoms with Crippen molar-refractivity contribution in [3.8, 4) is 0 Å². The minimum absolute atomic E-state index is 0.791. The molecule has 0 unspecified atom stereocenters. The summed E-state index contributed by atoms with van der Waals surface area (Å²) in [6.45, 7) is 5.35. The minimum atomic E-state index is 0.791. The van der Waals surface area contributed by atoms with Gasteiger partial charge in [-0.25, -0.2) is 0 Å². The highest BCUT2D eigenvalue weighted by molar-refractivity contribution is 9.10. The molecule has 0 amide bonds. The van der Waals surface area contributed by atoms with Crippen molar-refractivity contribution in [3.63, 3.8) is 0 Å². The van der Waals surface area contributed by atoms with Gasteiger partial charge >= 0.3 is 0 Å². The zero-order valence-electron chi connectivity index (χ0n) is 13.1. The minimum Gasteiger partial charge on any atom is -0.368 e. The van der Waals surface area contributed by atoms with E-state index in [-0.39, 0.29) is 0 Å². The molecule has 1 heterocycles. The van der Waals surface area contributed by atoms with E-state index in [9.17, 15) is 0 Å². The number of hydrogen-bond acceptors (Lipinski definition) is 2.